The summed E-state index contributed by atoms with van der Waals surface area (Å²) in [5, 5.41) is 0. The summed E-state index contributed by atoms with van der Waals surface area (Å²) in [7, 11) is 0. The van der Waals surface area contributed by atoms with Gasteiger partial charge in [0, 0.05) is 15.7 Å². The van der Waals surface area contributed by atoms with Crippen LogP contribution in [0.2, 0.25) is 0 Å². The Morgan fingerprint density at radius 2 is 1.94 bits per heavy atom. The van der Waals surface area contributed by atoms with E-state index < -0.39 is 0 Å². The van der Waals surface area contributed by atoms with Crippen molar-refractivity contribution < 1.29 is 4.79 Å². The lowest BCUT2D eigenvalue weighted by molar-refractivity contribution is 0.104. The van der Waals surface area contributed by atoms with Crippen LogP contribution in [0.5, 0.6) is 0 Å². The zero-order chi connectivity index (χ0) is 11.7. The first-order valence-electron chi connectivity index (χ1n) is 4.43. The maximum Gasteiger partial charge on any atom is 0.203 e. The van der Waals surface area contributed by atoms with Gasteiger partial charge in [-0.3, -0.25) is 4.79 Å². The number of benzene rings is 1. The number of thiophene rings is 1. The summed E-state index contributed by atoms with van der Waals surface area (Å²) in [6.07, 6.45) is 0. The average Bonchev–Trinajstić information content (AvgIpc) is 2.68. The predicted octanol–water partition coefficient (Wildman–Crippen LogP) is 4.09. The van der Waals surface area contributed by atoms with Crippen LogP contribution in [-0.4, -0.2) is 5.78 Å². The van der Waals surface area contributed by atoms with E-state index in [0.717, 1.165) is 8.26 Å². The first-order valence-corrected chi connectivity index (χ1v) is 6.83. The number of nitrogens with two attached hydrogens (primary N) is 1. The quantitative estimate of drug-likeness (QED) is 0.647. The van der Waals surface area contributed by atoms with Gasteiger partial charge in [-0.15, -0.1) is 11.3 Å². The summed E-state index contributed by atoms with van der Waals surface area (Å²) in [5.41, 5.74) is 6.91. The van der Waals surface area contributed by atoms with E-state index in [2.05, 4.69) is 31.9 Å². The second kappa shape index (κ2) is 4.69. The van der Waals surface area contributed by atoms with Crippen molar-refractivity contribution in [1.82, 2.24) is 0 Å². The Balaban J connectivity index is 2.38. The number of hydrogen-bond acceptors (Lipinski definition) is 3. The molecule has 82 valence electrons. The predicted molar refractivity (Wildman–Crippen MR) is 74.0 cm³/mol. The van der Waals surface area contributed by atoms with Crippen LogP contribution < -0.4 is 5.73 Å². The minimum atomic E-state index is -0.00472. The molecule has 0 aliphatic carbocycles. The first kappa shape index (κ1) is 11.8. The van der Waals surface area contributed by atoms with Crippen LogP contribution >= 0.6 is 43.2 Å². The van der Waals surface area contributed by atoms with Crippen molar-refractivity contribution in [1.29, 1.82) is 0 Å². The van der Waals surface area contributed by atoms with Gasteiger partial charge in [0.25, 0.3) is 0 Å². The normalized spacial score (nSPS) is 10.4. The molecule has 1 heterocycles. The van der Waals surface area contributed by atoms with Crippen LogP contribution in [0, 0.1) is 0 Å². The summed E-state index contributed by atoms with van der Waals surface area (Å²) >= 11 is 8.05. The SMILES string of the molecule is Nc1cc(C(=O)c2ccc(Br)s2)ccc1Br. The lowest BCUT2D eigenvalue weighted by Gasteiger charge is -2.01. The number of halogens is 2. The van der Waals surface area contributed by atoms with Gasteiger partial charge in [0.15, 0.2) is 0 Å². The maximum absolute atomic E-state index is 12.0. The summed E-state index contributed by atoms with van der Waals surface area (Å²) in [5.74, 6) is -0.00472. The molecule has 0 aliphatic heterocycles. The van der Waals surface area contributed by atoms with Crippen molar-refractivity contribution in [2.75, 3.05) is 5.73 Å². The highest BCUT2D eigenvalue weighted by Crippen LogP contribution is 2.26. The number of carbonyl (C=O) groups excluding carboxylic acids is 1. The number of carbonyl (C=O) groups is 1. The van der Waals surface area contributed by atoms with Crippen LogP contribution in [0.25, 0.3) is 0 Å². The van der Waals surface area contributed by atoms with E-state index in [-0.39, 0.29) is 5.78 Å². The number of hydrogen-bond donors (Lipinski definition) is 1. The Labute approximate surface area is 114 Å². The van der Waals surface area contributed by atoms with Crippen LogP contribution in [-0.2, 0) is 0 Å². The molecule has 0 spiro atoms. The van der Waals surface area contributed by atoms with E-state index in [1.165, 1.54) is 11.3 Å². The third kappa shape index (κ3) is 2.36. The standard InChI is InChI=1S/C11H7Br2NOS/c12-7-2-1-6(5-8(7)14)11(15)9-3-4-10(13)16-9/h1-5H,14H2. The fraction of sp³-hybridized carbons (Fsp3) is 0. The molecule has 0 atom stereocenters. The third-order valence-electron chi connectivity index (χ3n) is 2.06. The highest BCUT2D eigenvalue weighted by molar-refractivity contribution is 9.11. The molecule has 1 aromatic carbocycles. The van der Waals surface area contributed by atoms with E-state index in [0.29, 0.717) is 16.1 Å². The Morgan fingerprint density at radius 3 is 2.50 bits per heavy atom. The molecule has 16 heavy (non-hydrogen) atoms. The molecule has 2 nitrogen and oxygen atoms in total. The monoisotopic (exact) mass is 359 g/mol. The molecular weight excluding hydrogens is 354 g/mol. The Bertz CT molecular complexity index is 551. The fourth-order valence-corrected chi connectivity index (χ4v) is 2.86. The molecule has 0 amide bonds. The molecular formula is C11H7Br2NOS. The topological polar surface area (TPSA) is 43.1 Å². The van der Waals surface area contributed by atoms with Crippen molar-refractivity contribution >= 4 is 54.7 Å². The van der Waals surface area contributed by atoms with Crippen molar-refractivity contribution in [3.8, 4) is 0 Å². The van der Waals surface area contributed by atoms with Crippen molar-refractivity contribution in [2.45, 2.75) is 0 Å². The molecule has 2 aromatic rings. The van der Waals surface area contributed by atoms with Gasteiger partial charge in [0.2, 0.25) is 5.78 Å². The fourth-order valence-electron chi connectivity index (χ4n) is 1.26. The molecule has 1 aromatic heterocycles. The van der Waals surface area contributed by atoms with Gasteiger partial charge in [0.1, 0.15) is 0 Å². The van der Waals surface area contributed by atoms with Crippen molar-refractivity contribution in [2.24, 2.45) is 0 Å². The number of anilines is 1. The van der Waals surface area contributed by atoms with E-state index in [1.54, 1.807) is 24.3 Å². The summed E-state index contributed by atoms with van der Waals surface area (Å²) in [6.45, 7) is 0. The molecule has 2 N–H and O–H groups in total. The average molecular weight is 361 g/mol. The number of nitrogen functional groups attached to an aromatic ring is 1. The van der Waals surface area contributed by atoms with Gasteiger partial charge >= 0.3 is 0 Å². The van der Waals surface area contributed by atoms with Crippen LogP contribution in [0.15, 0.2) is 38.6 Å². The minimum Gasteiger partial charge on any atom is -0.398 e. The molecule has 0 saturated carbocycles. The summed E-state index contributed by atoms with van der Waals surface area (Å²) < 4.78 is 1.75. The van der Waals surface area contributed by atoms with Gasteiger partial charge < -0.3 is 5.73 Å². The highest BCUT2D eigenvalue weighted by atomic mass is 79.9. The van der Waals surface area contributed by atoms with E-state index in [1.807, 2.05) is 6.07 Å². The third-order valence-corrected chi connectivity index (χ3v) is 4.40. The smallest absolute Gasteiger partial charge is 0.203 e. The lowest BCUT2D eigenvalue weighted by Crippen LogP contribution is -1.99. The second-order valence-electron chi connectivity index (χ2n) is 3.17. The Kier molecular flexibility index (Phi) is 3.47. The zero-order valence-corrected chi connectivity index (χ0v) is 12.0. The van der Waals surface area contributed by atoms with Gasteiger partial charge in [-0.25, -0.2) is 0 Å². The summed E-state index contributed by atoms with van der Waals surface area (Å²) in [6, 6.07) is 8.89. The largest absolute Gasteiger partial charge is 0.398 e. The van der Waals surface area contributed by atoms with Crippen LogP contribution in [0.4, 0.5) is 5.69 Å². The van der Waals surface area contributed by atoms with Crippen molar-refractivity contribution in [3.63, 3.8) is 0 Å². The second-order valence-corrected chi connectivity index (χ2v) is 6.49. The maximum atomic E-state index is 12.0. The lowest BCUT2D eigenvalue weighted by atomic mass is 10.1. The van der Waals surface area contributed by atoms with E-state index in [4.69, 9.17) is 5.73 Å². The summed E-state index contributed by atoms with van der Waals surface area (Å²) in [4.78, 5) is 12.7. The molecule has 5 heteroatoms. The van der Waals surface area contributed by atoms with Crippen molar-refractivity contribution in [3.05, 3.63) is 49.0 Å². The van der Waals surface area contributed by atoms with Gasteiger partial charge in [-0.1, -0.05) is 0 Å². The van der Waals surface area contributed by atoms with Gasteiger partial charge in [-0.05, 0) is 62.2 Å². The Hall–Kier alpha value is -0.650. The molecule has 0 bridgehead atoms. The van der Waals surface area contributed by atoms with Gasteiger partial charge in [0.05, 0.1) is 8.66 Å². The van der Waals surface area contributed by atoms with E-state index >= 15 is 0 Å². The van der Waals surface area contributed by atoms with Crippen LogP contribution in [0.3, 0.4) is 0 Å². The number of ketones is 1. The molecule has 0 aliphatic rings. The first-order chi connectivity index (χ1) is 7.58. The van der Waals surface area contributed by atoms with E-state index in [9.17, 15) is 4.79 Å². The molecule has 0 fully saturated rings. The zero-order valence-electron chi connectivity index (χ0n) is 8.04. The molecule has 0 saturated heterocycles. The highest BCUT2D eigenvalue weighted by Gasteiger charge is 2.12. The Morgan fingerprint density at radius 1 is 1.19 bits per heavy atom. The minimum absolute atomic E-state index is 0.00472. The van der Waals surface area contributed by atoms with Gasteiger partial charge in [-0.2, -0.15) is 0 Å². The van der Waals surface area contributed by atoms with Crippen LogP contribution in [0.1, 0.15) is 15.2 Å². The number of rotatable bonds is 2. The molecule has 2 rings (SSSR count). The molecule has 0 unspecified atom stereocenters. The molecule has 0 radical (unpaired) electrons.